The second kappa shape index (κ2) is 9.46. The highest BCUT2D eigenvalue weighted by Gasteiger charge is 2.20. The first-order chi connectivity index (χ1) is 15.1. The Morgan fingerprint density at radius 2 is 1.84 bits per heavy atom. The van der Waals surface area contributed by atoms with Gasteiger partial charge in [-0.2, -0.15) is 5.26 Å². The van der Waals surface area contributed by atoms with E-state index in [4.69, 9.17) is 4.74 Å². The molecular weight excluding hydrogens is 497 g/mol. The largest absolute Gasteiger partial charge is 0.363 e. The fourth-order valence-corrected chi connectivity index (χ4v) is 4.01. The van der Waals surface area contributed by atoms with Gasteiger partial charge in [0.2, 0.25) is 0 Å². The smallest absolute Gasteiger partial charge is 0.124 e. The summed E-state index contributed by atoms with van der Waals surface area (Å²) in [6, 6.07) is 24.7. The molecule has 154 valence electrons. The van der Waals surface area contributed by atoms with E-state index in [0.717, 1.165) is 33.5 Å². The molecular formula is C26H22IN3O. The van der Waals surface area contributed by atoms with Gasteiger partial charge < -0.3 is 9.30 Å². The molecule has 4 aromatic rings. The summed E-state index contributed by atoms with van der Waals surface area (Å²) in [5.74, 6) is 0. The zero-order valence-corrected chi connectivity index (χ0v) is 19.6. The molecule has 0 N–H and O–H groups in total. The van der Waals surface area contributed by atoms with E-state index in [-0.39, 0.29) is 6.10 Å². The highest BCUT2D eigenvalue weighted by Crippen LogP contribution is 2.33. The molecule has 1 heterocycles. The summed E-state index contributed by atoms with van der Waals surface area (Å²) in [5, 5.41) is 9.71. The lowest BCUT2D eigenvalue weighted by atomic mass is 9.93. The lowest BCUT2D eigenvalue weighted by molar-refractivity contribution is 0.0622. The van der Waals surface area contributed by atoms with E-state index in [1.807, 2.05) is 42.1 Å². The molecule has 5 heteroatoms. The first-order valence-electron chi connectivity index (χ1n) is 9.99. The zero-order chi connectivity index (χ0) is 21.8. The maximum atomic E-state index is 9.71. The van der Waals surface area contributed by atoms with E-state index in [0.29, 0.717) is 12.2 Å². The average molecular weight is 519 g/mol. The van der Waals surface area contributed by atoms with E-state index in [1.165, 1.54) is 3.57 Å². The number of halogens is 1. The number of hydrogen-bond acceptors (Lipinski definition) is 3. The molecule has 0 amide bonds. The summed E-state index contributed by atoms with van der Waals surface area (Å²) in [6.45, 7) is 2.54. The van der Waals surface area contributed by atoms with Gasteiger partial charge in [-0.1, -0.05) is 42.5 Å². The summed E-state index contributed by atoms with van der Waals surface area (Å²) in [5.41, 5.74) is 6.83. The van der Waals surface area contributed by atoms with Gasteiger partial charge >= 0.3 is 0 Å². The maximum absolute atomic E-state index is 9.71. The standard InChI is InChI=1S/C26H22IN3O/c1-18-5-3-4-6-23(18)24-13-20(9-10-21(24)14-28)26(25-15-29-17-30(25)2)31-16-19-7-11-22(27)12-8-19/h3-13,15,17,26H,16H2,1-2H3. The van der Waals surface area contributed by atoms with Gasteiger partial charge in [0, 0.05) is 16.2 Å². The van der Waals surface area contributed by atoms with Crippen LogP contribution in [0.25, 0.3) is 11.1 Å². The molecule has 1 aromatic heterocycles. The summed E-state index contributed by atoms with van der Waals surface area (Å²) >= 11 is 2.30. The van der Waals surface area contributed by atoms with Crippen molar-refractivity contribution >= 4 is 22.6 Å². The maximum Gasteiger partial charge on any atom is 0.124 e. The normalized spacial score (nSPS) is 11.8. The molecule has 0 bridgehead atoms. The molecule has 0 fully saturated rings. The minimum atomic E-state index is -0.303. The van der Waals surface area contributed by atoms with Crippen LogP contribution in [0.1, 0.15) is 34.1 Å². The first kappa shape index (κ1) is 21.3. The van der Waals surface area contributed by atoms with Crippen molar-refractivity contribution in [2.45, 2.75) is 19.6 Å². The fourth-order valence-electron chi connectivity index (χ4n) is 3.65. The van der Waals surface area contributed by atoms with Gasteiger partial charge in [-0.05, 0) is 76.0 Å². The lowest BCUT2D eigenvalue weighted by Crippen LogP contribution is -2.11. The molecule has 0 saturated heterocycles. The lowest BCUT2D eigenvalue weighted by Gasteiger charge is -2.21. The number of imidazole rings is 1. The Balaban J connectivity index is 1.75. The minimum Gasteiger partial charge on any atom is -0.363 e. The molecule has 4 nitrogen and oxygen atoms in total. The predicted octanol–water partition coefficient (Wildman–Crippen LogP) is 6.18. The quantitative estimate of drug-likeness (QED) is 0.286. The van der Waals surface area contributed by atoms with Crippen molar-refractivity contribution in [1.29, 1.82) is 5.26 Å². The van der Waals surface area contributed by atoms with Crippen molar-refractivity contribution in [3.8, 4) is 17.2 Å². The molecule has 1 atom stereocenters. The van der Waals surface area contributed by atoms with Crippen LogP contribution in [-0.2, 0) is 18.4 Å². The third kappa shape index (κ3) is 4.71. The van der Waals surface area contributed by atoms with Crippen LogP contribution in [0.15, 0.2) is 79.3 Å². The topological polar surface area (TPSA) is 50.8 Å². The Kier molecular flexibility index (Phi) is 6.50. The van der Waals surface area contributed by atoms with Gasteiger partial charge in [0.25, 0.3) is 0 Å². The molecule has 0 aliphatic carbocycles. The van der Waals surface area contributed by atoms with E-state index in [9.17, 15) is 5.26 Å². The van der Waals surface area contributed by atoms with Crippen molar-refractivity contribution in [3.63, 3.8) is 0 Å². The number of hydrogen-bond donors (Lipinski definition) is 0. The van der Waals surface area contributed by atoms with Gasteiger partial charge in [0.15, 0.2) is 0 Å². The van der Waals surface area contributed by atoms with E-state index in [2.05, 4.69) is 83.0 Å². The van der Waals surface area contributed by atoms with Crippen molar-refractivity contribution < 1.29 is 4.74 Å². The number of nitrogens with zero attached hydrogens (tertiary/aromatic N) is 3. The molecule has 0 saturated carbocycles. The Bertz CT molecular complexity index is 1240. The molecule has 1 unspecified atom stereocenters. The number of nitriles is 1. The van der Waals surface area contributed by atoms with Crippen molar-refractivity contribution in [2.75, 3.05) is 0 Å². The second-order valence-corrected chi connectivity index (χ2v) is 8.72. The van der Waals surface area contributed by atoms with Gasteiger partial charge in [-0.15, -0.1) is 0 Å². The predicted molar refractivity (Wildman–Crippen MR) is 130 cm³/mol. The van der Waals surface area contributed by atoms with Crippen molar-refractivity contribution in [3.05, 3.63) is 111 Å². The van der Waals surface area contributed by atoms with Crippen LogP contribution in [0.2, 0.25) is 0 Å². The van der Waals surface area contributed by atoms with Gasteiger partial charge in [-0.25, -0.2) is 4.98 Å². The Labute approximate surface area is 196 Å². The summed E-state index contributed by atoms with van der Waals surface area (Å²) in [4.78, 5) is 4.29. The monoisotopic (exact) mass is 519 g/mol. The molecule has 3 aromatic carbocycles. The Morgan fingerprint density at radius 3 is 2.52 bits per heavy atom. The van der Waals surface area contributed by atoms with Crippen LogP contribution >= 0.6 is 22.6 Å². The average Bonchev–Trinajstić information content (AvgIpc) is 3.21. The SMILES string of the molecule is Cc1ccccc1-c1cc(C(OCc2ccc(I)cc2)c2cncn2C)ccc1C#N. The molecule has 0 radical (unpaired) electrons. The number of ether oxygens (including phenoxy) is 1. The number of aromatic nitrogens is 2. The second-order valence-electron chi connectivity index (χ2n) is 7.48. The number of rotatable bonds is 6. The molecule has 4 rings (SSSR count). The fraction of sp³-hybridized carbons (Fsp3) is 0.154. The van der Waals surface area contributed by atoms with Crippen LogP contribution in [0.5, 0.6) is 0 Å². The van der Waals surface area contributed by atoms with Crippen LogP contribution < -0.4 is 0 Å². The minimum absolute atomic E-state index is 0.303. The summed E-state index contributed by atoms with van der Waals surface area (Å²) in [7, 11) is 1.97. The van der Waals surface area contributed by atoms with E-state index in [1.54, 1.807) is 6.33 Å². The highest BCUT2D eigenvalue weighted by atomic mass is 127. The van der Waals surface area contributed by atoms with Gasteiger partial charge in [0.05, 0.1) is 36.5 Å². The van der Waals surface area contributed by atoms with Crippen LogP contribution in [-0.4, -0.2) is 9.55 Å². The highest BCUT2D eigenvalue weighted by molar-refractivity contribution is 14.1. The zero-order valence-electron chi connectivity index (χ0n) is 17.4. The Morgan fingerprint density at radius 1 is 1.06 bits per heavy atom. The molecule has 0 spiro atoms. The van der Waals surface area contributed by atoms with E-state index >= 15 is 0 Å². The van der Waals surface area contributed by atoms with Crippen LogP contribution in [0.4, 0.5) is 0 Å². The third-order valence-electron chi connectivity index (χ3n) is 5.35. The first-order valence-corrected chi connectivity index (χ1v) is 11.1. The van der Waals surface area contributed by atoms with Crippen molar-refractivity contribution in [1.82, 2.24) is 9.55 Å². The molecule has 0 aliphatic heterocycles. The van der Waals surface area contributed by atoms with Gasteiger partial charge in [-0.3, -0.25) is 0 Å². The van der Waals surface area contributed by atoms with Gasteiger partial charge in [0.1, 0.15) is 6.10 Å². The Hall–Kier alpha value is -2.95. The van der Waals surface area contributed by atoms with Crippen LogP contribution in [0, 0.1) is 21.8 Å². The number of benzene rings is 3. The van der Waals surface area contributed by atoms with Crippen LogP contribution in [0.3, 0.4) is 0 Å². The van der Waals surface area contributed by atoms with E-state index < -0.39 is 0 Å². The van der Waals surface area contributed by atoms with Crippen molar-refractivity contribution in [2.24, 2.45) is 7.05 Å². The molecule has 0 aliphatic rings. The summed E-state index contributed by atoms with van der Waals surface area (Å²) in [6.07, 6.45) is 3.31. The third-order valence-corrected chi connectivity index (χ3v) is 6.07. The number of aryl methyl sites for hydroxylation is 2. The summed E-state index contributed by atoms with van der Waals surface area (Å²) < 4.78 is 9.60. The molecule has 31 heavy (non-hydrogen) atoms.